The zero-order chi connectivity index (χ0) is 15.8. The van der Waals surface area contributed by atoms with E-state index in [2.05, 4.69) is 34.1 Å². The van der Waals surface area contributed by atoms with Crippen LogP contribution in [-0.4, -0.2) is 11.3 Å². The standard InChI is InChI=1S/C19H12BrNOS/c20-16-6-7-17-13(10-16)8-14-9-15(11-22)18(23-19(14)21-17)12-4-2-1-3-5-12/h1-11,18H/t18-/m1/s1. The van der Waals surface area contributed by atoms with Crippen LogP contribution in [-0.2, 0) is 4.79 Å². The largest absolute Gasteiger partial charge is 0.298 e. The van der Waals surface area contributed by atoms with Crippen molar-refractivity contribution in [2.24, 2.45) is 0 Å². The Hall–Kier alpha value is -1.91. The minimum Gasteiger partial charge on any atom is -0.298 e. The van der Waals surface area contributed by atoms with Gasteiger partial charge in [0.15, 0.2) is 0 Å². The van der Waals surface area contributed by atoms with E-state index in [0.29, 0.717) is 0 Å². The maximum Gasteiger partial charge on any atom is 0.147 e. The SMILES string of the molecule is O=CC1=Cc2cc3cc(Br)ccc3nc2S[C@@H]1c1ccccc1. The van der Waals surface area contributed by atoms with Crippen LogP contribution in [0.2, 0.25) is 0 Å². The third kappa shape index (κ3) is 2.73. The van der Waals surface area contributed by atoms with Gasteiger partial charge >= 0.3 is 0 Å². The Morgan fingerprint density at radius 1 is 1.09 bits per heavy atom. The van der Waals surface area contributed by atoms with Crippen molar-refractivity contribution >= 4 is 51.0 Å². The Labute approximate surface area is 146 Å². The van der Waals surface area contributed by atoms with Crippen LogP contribution in [0, 0.1) is 0 Å². The molecule has 2 nitrogen and oxygen atoms in total. The van der Waals surface area contributed by atoms with E-state index in [-0.39, 0.29) is 5.25 Å². The molecule has 0 saturated heterocycles. The summed E-state index contributed by atoms with van der Waals surface area (Å²) in [5, 5.41) is 2.04. The van der Waals surface area contributed by atoms with Crippen molar-refractivity contribution in [2.75, 3.05) is 0 Å². The Morgan fingerprint density at radius 3 is 2.70 bits per heavy atom. The first-order chi connectivity index (χ1) is 11.2. The molecule has 0 amide bonds. The first kappa shape index (κ1) is 14.7. The molecule has 0 radical (unpaired) electrons. The second-order valence-electron chi connectivity index (χ2n) is 5.39. The molecule has 0 spiro atoms. The predicted octanol–water partition coefficient (Wildman–Crippen LogP) is 5.43. The van der Waals surface area contributed by atoms with Crippen molar-refractivity contribution in [3.8, 4) is 0 Å². The van der Waals surface area contributed by atoms with Gasteiger partial charge in [-0.25, -0.2) is 4.98 Å². The zero-order valence-electron chi connectivity index (χ0n) is 12.1. The second-order valence-corrected chi connectivity index (χ2v) is 7.40. The summed E-state index contributed by atoms with van der Waals surface area (Å²) in [4.78, 5) is 16.3. The minimum atomic E-state index is 0.00148. The van der Waals surface area contributed by atoms with Gasteiger partial charge in [0.25, 0.3) is 0 Å². The third-order valence-corrected chi connectivity index (χ3v) is 5.69. The highest BCUT2D eigenvalue weighted by molar-refractivity contribution is 9.10. The molecule has 1 aliphatic rings. The molecule has 3 aromatic rings. The topological polar surface area (TPSA) is 30.0 Å². The summed E-state index contributed by atoms with van der Waals surface area (Å²) in [5.74, 6) is 0. The maximum absolute atomic E-state index is 11.6. The summed E-state index contributed by atoms with van der Waals surface area (Å²) in [6.45, 7) is 0. The summed E-state index contributed by atoms with van der Waals surface area (Å²) >= 11 is 5.13. The molecule has 0 N–H and O–H groups in total. The molecule has 2 heterocycles. The number of hydrogen-bond acceptors (Lipinski definition) is 3. The van der Waals surface area contributed by atoms with Crippen LogP contribution >= 0.6 is 27.7 Å². The lowest BCUT2D eigenvalue weighted by atomic mass is 10.0. The highest BCUT2D eigenvalue weighted by Gasteiger charge is 2.24. The molecular weight excluding hydrogens is 370 g/mol. The van der Waals surface area contributed by atoms with E-state index in [9.17, 15) is 4.79 Å². The van der Waals surface area contributed by atoms with E-state index < -0.39 is 0 Å². The summed E-state index contributed by atoms with van der Waals surface area (Å²) in [6.07, 6.45) is 2.92. The van der Waals surface area contributed by atoms with Gasteiger partial charge in [0.05, 0.1) is 10.8 Å². The normalized spacial score (nSPS) is 16.7. The van der Waals surface area contributed by atoms with Crippen molar-refractivity contribution in [3.63, 3.8) is 0 Å². The van der Waals surface area contributed by atoms with Gasteiger partial charge in [-0.3, -0.25) is 4.79 Å². The number of benzene rings is 2. The van der Waals surface area contributed by atoms with E-state index in [1.807, 2.05) is 42.5 Å². The first-order valence-corrected chi connectivity index (χ1v) is 8.90. The molecule has 23 heavy (non-hydrogen) atoms. The van der Waals surface area contributed by atoms with E-state index in [0.717, 1.165) is 43.4 Å². The molecule has 2 aromatic carbocycles. The van der Waals surface area contributed by atoms with Gasteiger partial charge in [-0.1, -0.05) is 58.0 Å². The van der Waals surface area contributed by atoms with Crippen LogP contribution < -0.4 is 0 Å². The van der Waals surface area contributed by atoms with E-state index in [1.165, 1.54) is 0 Å². The van der Waals surface area contributed by atoms with Crippen molar-refractivity contribution in [1.82, 2.24) is 4.98 Å². The second kappa shape index (κ2) is 5.95. The zero-order valence-corrected chi connectivity index (χ0v) is 14.5. The number of aromatic nitrogens is 1. The molecular formula is C19H12BrNOS. The smallest absolute Gasteiger partial charge is 0.147 e. The van der Waals surface area contributed by atoms with Crippen molar-refractivity contribution in [2.45, 2.75) is 10.3 Å². The van der Waals surface area contributed by atoms with Crippen LogP contribution in [0.25, 0.3) is 17.0 Å². The number of halogens is 1. The van der Waals surface area contributed by atoms with Crippen LogP contribution in [0.1, 0.15) is 16.4 Å². The van der Waals surface area contributed by atoms with Crippen LogP contribution in [0.4, 0.5) is 0 Å². The lowest BCUT2D eigenvalue weighted by Gasteiger charge is -2.22. The highest BCUT2D eigenvalue weighted by Crippen LogP contribution is 2.45. The Morgan fingerprint density at radius 2 is 1.91 bits per heavy atom. The third-order valence-electron chi connectivity index (χ3n) is 3.86. The fraction of sp³-hybridized carbons (Fsp3) is 0.0526. The lowest BCUT2D eigenvalue weighted by Crippen LogP contribution is -2.06. The molecule has 1 atom stereocenters. The number of nitrogens with zero attached hydrogens (tertiary/aromatic N) is 1. The summed E-state index contributed by atoms with van der Waals surface area (Å²) < 4.78 is 1.02. The molecule has 0 unspecified atom stereocenters. The van der Waals surface area contributed by atoms with Crippen molar-refractivity contribution < 1.29 is 4.79 Å². The number of aldehydes is 1. The molecule has 0 bridgehead atoms. The predicted molar refractivity (Wildman–Crippen MR) is 98.5 cm³/mol. The molecule has 0 aliphatic carbocycles. The maximum atomic E-state index is 11.6. The Bertz CT molecular complexity index is 937. The molecule has 1 aromatic heterocycles. The van der Waals surface area contributed by atoms with E-state index >= 15 is 0 Å². The van der Waals surface area contributed by atoms with Gasteiger partial charge in [-0.05, 0) is 35.9 Å². The number of carbonyl (C=O) groups excluding carboxylic acids is 1. The Balaban J connectivity index is 1.86. The molecule has 4 rings (SSSR count). The van der Waals surface area contributed by atoms with E-state index in [4.69, 9.17) is 4.98 Å². The number of thioether (sulfide) groups is 1. The van der Waals surface area contributed by atoms with E-state index in [1.54, 1.807) is 11.8 Å². The molecule has 1 aliphatic heterocycles. The van der Waals surface area contributed by atoms with Gasteiger partial charge in [-0.15, -0.1) is 0 Å². The van der Waals surface area contributed by atoms with Crippen LogP contribution in [0.5, 0.6) is 0 Å². The Kier molecular flexibility index (Phi) is 3.79. The number of carbonyl (C=O) groups is 1. The monoisotopic (exact) mass is 381 g/mol. The van der Waals surface area contributed by atoms with Crippen molar-refractivity contribution in [1.29, 1.82) is 0 Å². The molecule has 0 fully saturated rings. The summed E-state index contributed by atoms with van der Waals surface area (Å²) in [6, 6.07) is 18.2. The van der Waals surface area contributed by atoms with Gasteiger partial charge in [0.1, 0.15) is 11.3 Å². The van der Waals surface area contributed by atoms with Gasteiger partial charge in [-0.2, -0.15) is 0 Å². The molecule has 4 heteroatoms. The fourth-order valence-electron chi connectivity index (χ4n) is 2.76. The minimum absolute atomic E-state index is 0.00148. The van der Waals surface area contributed by atoms with Crippen LogP contribution in [0.15, 0.2) is 69.7 Å². The summed E-state index contributed by atoms with van der Waals surface area (Å²) in [5.41, 5.74) is 3.88. The highest BCUT2D eigenvalue weighted by atomic mass is 79.9. The quantitative estimate of drug-likeness (QED) is 0.554. The number of hydrogen-bond donors (Lipinski definition) is 0. The van der Waals surface area contributed by atoms with Gasteiger partial charge in [0.2, 0.25) is 0 Å². The van der Waals surface area contributed by atoms with Crippen molar-refractivity contribution in [3.05, 3.63) is 75.8 Å². The molecule has 0 saturated carbocycles. The lowest BCUT2D eigenvalue weighted by molar-refractivity contribution is -0.104. The summed E-state index contributed by atoms with van der Waals surface area (Å²) in [7, 11) is 0. The molecule has 112 valence electrons. The number of rotatable bonds is 2. The first-order valence-electron chi connectivity index (χ1n) is 7.23. The average molecular weight is 382 g/mol. The number of fused-ring (bicyclic) bond motifs is 2. The van der Waals surface area contributed by atoms with Crippen LogP contribution in [0.3, 0.4) is 0 Å². The van der Waals surface area contributed by atoms with Gasteiger partial charge < -0.3 is 0 Å². The van der Waals surface area contributed by atoms with Gasteiger partial charge in [0, 0.05) is 21.0 Å². The fourth-order valence-corrected chi connectivity index (χ4v) is 4.32. The number of pyridine rings is 1. The average Bonchev–Trinajstić information content (AvgIpc) is 2.59.